The maximum absolute atomic E-state index is 2.64. The molecule has 3 heterocycles. The molecule has 0 saturated heterocycles. The van der Waals surface area contributed by atoms with Gasteiger partial charge in [0.15, 0.2) is 0 Å². The summed E-state index contributed by atoms with van der Waals surface area (Å²) in [6.07, 6.45) is 9.10. The lowest BCUT2D eigenvalue weighted by Crippen LogP contribution is -2.33. The van der Waals surface area contributed by atoms with Crippen LogP contribution in [-0.2, 0) is 10.8 Å². The van der Waals surface area contributed by atoms with Crippen LogP contribution >= 0.6 is 0 Å². The van der Waals surface area contributed by atoms with E-state index in [-0.39, 0.29) is 10.8 Å². The molecule has 3 heteroatoms. The van der Waals surface area contributed by atoms with E-state index in [1.807, 2.05) is 0 Å². The second kappa shape index (κ2) is 15.1. The largest absolute Gasteiger partial charge is 0.311 e. The van der Waals surface area contributed by atoms with Crippen molar-refractivity contribution in [3.05, 3.63) is 226 Å². The lowest BCUT2D eigenvalue weighted by Gasteiger charge is -2.42. The minimum Gasteiger partial charge on any atom is -0.311 e. The molecule has 12 rings (SSSR count). The number of nitrogens with zero attached hydrogens (tertiary/aromatic N) is 3. The minimum absolute atomic E-state index is 0.212. The molecule has 0 amide bonds. The fourth-order valence-electron chi connectivity index (χ4n) is 11.9. The molecule has 328 valence electrons. The maximum atomic E-state index is 2.64. The Kier molecular flexibility index (Phi) is 9.25. The average Bonchev–Trinajstić information content (AvgIpc) is 3.65. The Morgan fingerprint density at radius 3 is 1.34 bits per heavy atom. The third-order valence-corrected chi connectivity index (χ3v) is 15.0. The van der Waals surface area contributed by atoms with Crippen LogP contribution < -0.4 is 9.80 Å². The second-order valence-corrected chi connectivity index (χ2v) is 20.5. The average molecular weight is 868 g/mol. The highest BCUT2D eigenvalue weighted by Crippen LogP contribution is 2.56. The van der Waals surface area contributed by atoms with E-state index in [2.05, 4.69) is 246 Å². The molecule has 0 N–H and O–H groups in total. The van der Waals surface area contributed by atoms with Gasteiger partial charge in [-0.2, -0.15) is 0 Å². The third-order valence-electron chi connectivity index (χ3n) is 15.0. The smallest absolute Gasteiger partial charge is 0.0582 e. The lowest BCUT2D eigenvalue weighted by molar-refractivity contribution is 0.594. The van der Waals surface area contributed by atoms with Gasteiger partial charge in [-0.1, -0.05) is 113 Å². The molecule has 3 aliphatic rings. The van der Waals surface area contributed by atoms with E-state index < -0.39 is 0 Å². The van der Waals surface area contributed by atoms with Crippen molar-refractivity contribution in [2.75, 3.05) is 9.80 Å². The second-order valence-electron chi connectivity index (χ2n) is 20.5. The molecule has 1 aliphatic carbocycles. The summed E-state index contributed by atoms with van der Waals surface area (Å²) in [5, 5.41) is 2.63. The lowest BCUT2D eigenvalue weighted by atomic mass is 9.68. The van der Waals surface area contributed by atoms with Crippen LogP contribution in [0.1, 0.15) is 85.0 Å². The molecule has 0 radical (unpaired) electrons. The molecule has 0 atom stereocenters. The Bertz CT molecular complexity index is 3500. The van der Waals surface area contributed by atoms with E-state index in [4.69, 9.17) is 0 Å². The van der Waals surface area contributed by atoms with Gasteiger partial charge >= 0.3 is 0 Å². The highest BCUT2D eigenvalue weighted by Gasteiger charge is 2.43. The minimum atomic E-state index is -0.214. The fraction of sp³-hybridized carbons (Fsp3) is 0.188. The van der Waals surface area contributed by atoms with Crippen molar-refractivity contribution < 1.29 is 0 Å². The summed E-state index contributed by atoms with van der Waals surface area (Å²) in [5.41, 5.74) is 26.2. The summed E-state index contributed by atoms with van der Waals surface area (Å²) in [6.45, 7) is 18.5. The third kappa shape index (κ3) is 6.46. The number of allylic oxidation sites excluding steroid dienone is 3. The number of rotatable bonds is 8. The highest BCUT2D eigenvalue weighted by molar-refractivity contribution is 6.16. The summed E-state index contributed by atoms with van der Waals surface area (Å²) in [5.74, 6) is 0. The summed E-state index contributed by atoms with van der Waals surface area (Å²) >= 11 is 0. The first-order chi connectivity index (χ1) is 32.3. The van der Waals surface area contributed by atoms with Crippen LogP contribution in [0, 0.1) is 27.7 Å². The molecule has 9 aromatic rings. The zero-order valence-corrected chi connectivity index (χ0v) is 40.0. The Labute approximate surface area is 396 Å². The number of aromatic nitrogens is 1. The van der Waals surface area contributed by atoms with Crippen molar-refractivity contribution in [3.63, 3.8) is 0 Å². The molecular formula is C64H57N3. The van der Waals surface area contributed by atoms with Crippen LogP contribution in [0.4, 0.5) is 28.4 Å². The standard InChI is InChI=1S/C64H57N3/c1-40-30-41(2)33-52(32-40)65(48-16-11-9-12-17-48)50-26-22-44(23-27-50)46-36-54-55-37-47(45-24-28-51(29-25-45)66(49-18-13-10-14-19-49)53-34-42(3)31-43(4)35-53)39-59-61(55)67-60(54)58(38-46)63(5,6)56-20-15-21-57(62(56)67)64(59,7)8/h9,11-13,15-39H,10,14H2,1-8H3. The number of hydrogen-bond acceptors (Lipinski definition) is 2. The van der Waals surface area contributed by atoms with E-state index in [0.717, 1.165) is 24.2 Å². The predicted molar refractivity (Wildman–Crippen MR) is 285 cm³/mol. The highest BCUT2D eigenvalue weighted by atomic mass is 15.2. The predicted octanol–water partition coefficient (Wildman–Crippen LogP) is 17.5. The fourth-order valence-corrected chi connectivity index (χ4v) is 11.9. The molecule has 0 bridgehead atoms. The van der Waals surface area contributed by atoms with Crippen LogP contribution in [0.2, 0.25) is 0 Å². The number of benzene rings is 8. The summed E-state index contributed by atoms with van der Waals surface area (Å²) in [6, 6.07) is 60.0. The van der Waals surface area contributed by atoms with Gasteiger partial charge < -0.3 is 14.4 Å². The molecule has 2 aliphatic heterocycles. The van der Waals surface area contributed by atoms with E-state index in [1.165, 1.54) is 117 Å². The molecule has 0 fully saturated rings. The Balaban J connectivity index is 1.03. The van der Waals surface area contributed by atoms with Crippen LogP contribution in [0.25, 0.3) is 49.7 Å². The van der Waals surface area contributed by atoms with Gasteiger partial charge in [0.25, 0.3) is 0 Å². The van der Waals surface area contributed by atoms with Gasteiger partial charge in [-0.05, 0) is 198 Å². The van der Waals surface area contributed by atoms with Crippen LogP contribution in [0.5, 0.6) is 0 Å². The van der Waals surface area contributed by atoms with Gasteiger partial charge in [0.2, 0.25) is 0 Å². The van der Waals surface area contributed by atoms with Crippen LogP contribution in [0.15, 0.2) is 182 Å². The molecule has 0 spiro atoms. The molecule has 8 aromatic carbocycles. The maximum Gasteiger partial charge on any atom is 0.0582 e. The van der Waals surface area contributed by atoms with Crippen LogP contribution in [0.3, 0.4) is 0 Å². The first-order valence-corrected chi connectivity index (χ1v) is 24.1. The molecule has 0 unspecified atom stereocenters. The van der Waals surface area contributed by atoms with Crippen molar-refractivity contribution in [3.8, 4) is 27.9 Å². The van der Waals surface area contributed by atoms with Crippen molar-refractivity contribution in [1.29, 1.82) is 0 Å². The Hall–Kier alpha value is -7.36. The van der Waals surface area contributed by atoms with Crippen LogP contribution in [-0.4, -0.2) is 4.57 Å². The topological polar surface area (TPSA) is 11.4 Å². The molecule has 3 nitrogen and oxygen atoms in total. The van der Waals surface area contributed by atoms with Gasteiger partial charge in [-0.3, -0.25) is 0 Å². The van der Waals surface area contributed by atoms with Crippen molar-refractivity contribution in [2.24, 2.45) is 0 Å². The number of para-hydroxylation sites is 2. The first kappa shape index (κ1) is 41.1. The van der Waals surface area contributed by atoms with Crippen molar-refractivity contribution in [1.82, 2.24) is 4.57 Å². The SMILES string of the molecule is Cc1cc(C)cc(N(C2=CCCC=C2)c2ccc(-c3cc4c5c(c3)c3cc(-c6ccc(N(c7ccccc7)c7cc(C)cc(C)c7)cc6)cc6c3n5-c3c(cccc3C6(C)C)C4(C)C)cc2)c1. The zero-order chi connectivity index (χ0) is 45.9. The van der Waals surface area contributed by atoms with Gasteiger partial charge in [0.1, 0.15) is 0 Å². The normalized spacial score (nSPS) is 15.0. The molecular weight excluding hydrogens is 811 g/mol. The van der Waals surface area contributed by atoms with Crippen molar-refractivity contribution in [2.45, 2.75) is 79.1 Å². The van der Waals surface area contributed by atoms with Crippen molar-refractivity contribution >= 4 is 50.2 Å². The van der Waals surface area contributed by atoms with Gasteiger partial charge in [-0.25, -0.2) is 0 Å². The number of hydrogen-bond donors (Lipinski definition) is 0. The van der Waals surface area contributed by atoms with E-state index in [0.29, 0.717) is 0 Å². The first-order valence-electron chi connectivity index (χ1n) is 24.1. The van der Waals surface area contributed by atoms with Gasteiger partial charge in [-0.15, -0.1) is 0 Å². The van der Waals surface area contributed by atoms with Gasteiger partial charge in [0, 0.05) is 55.7 Å². The monoisotopic (exact) mass is 867 g/mol. The molecule has 0 saturated carbocycles. The van der Waals surface area contributed by atoms with Gasteiger partial charge in [0.05, 0.1) is 16.7 Å². The summed E-state index contributed by atoms with van der Waals surface area (Å²) in [4.78, 5) is 4.80. The van der Waals surface area contributed by atoms with E-state index >= 15 is 0 Å². The number of aryl methyl sites for hydroxylation is 4. The Morgan fingerprint density at radius 2 is 0.866 bits per heavy atom. The quantitative estimate of drug-likeness (QED) is 0.151. The summed E-state index contributed by atoms with van der Waals surface area (Å²) in [7, 11) is 0. The zero-order valence-electron chi connectivity index (χ0n) is 40.0. The molecule has 67 heavy (non-hydrogen) atoms. The van der Waals surface area contributed by atoms with E-state index in [9.17, 15) is 0 Å². The Morgan fingerprint density at radius 1 is 0.403 bits per heavy atom. The number of fused-ring (bicyclic) bond motifs is 1. The van der Waals surface area contributed by atoms with E-state index in [1.54, 1.807) is 0 Å². The molecule has 1 aromatic heterocycles. The summed E-state index contributed by atoms with van der Waals surface area (Å²) < 4.78 is 2.64. The number of anilines is 5.